The minimum Gasteiger partial charge on any atom is -0.377 e. The summed E-state index contributed by atoms with van der Waals surface area (Å²) < 4.78 is 5.39. The van der Waals surface area contributed by atoms with Crippen LogP contribution >= 0.6 is 0 Å². The highest BCUT2D eigenvalue weighted by Crippen LogP contribution is 2.22. The molecule has 15 heavy (non-hydrogen) atoms. The average Bonchev–Trinajstić information content (AvgIpc) is 2.30. The molecule has 1 aromatic carbocycles. The molecule has 2 heteroatoms. The Morgan fingerprint density at radius 1 is 1.20 bits per heavy atom. The second-order valence-electron chi connectivity index (χ2n) is 3.94. The van der Waals surface area contributed by atoms with Crippen molar-refractivity contribution in [1.82, 2.24) is 0 Å². The highest BCUT2D eigenvalue weighted by atomic mass is 16.5. The lowest BCUT2D eigenvalue weighted by Crippen LogP contribution is -2.09. The van der Waals surface area contributed by atoms with Crippen LogP contribution in [0, 0.1) is 0 Å². The molecule has 2 N–H and O–H groups in total. The minimum absolute atomic E-state index is 0.215. The second-order valence-corrected chi connectivity index (χ2v) is 3.94. The van der Waals surface area contributed by atoms with Crippen LogP contribution < -0.4 is 5.73 Å². The Bertz CT molecular complexity index is 277. The van der Waals surface area contributed by atoms with E-state index in [1.54, 1.807) is 7.11 Å². The van der Waals surface area contributed by atoms with E-state index in [2.05, 4.69) is 38.1 Å². The first kappa shape index (κ1) is 12.2. The summed E-state index contributed by atoms with van der Waals surface area (Å²) in [6.07, 6.45) is 1.22. The van der Waals surface area contributed by atoms with Gasteiger partial charge < -0.3 is 10.5 Å². The minimum atomic E-state index is 0.215. The Kier molecular flexibility index (Phi) is 4.79. The molecule has 0 heterocycles. The zero-order chi connectivity index (χ0) is 11.3. The molecular formula is C13H21NO. The van der Waals surface area contributed by atoms with Crippen molar-refractivity contribution in [3.63, 3.8) is 0 Å². The van der Waals surface area contributed by atoms with Crippen molar-refractivity contribution < 1.29 is 4.74 Å². The number of nitrogens with two attached hydrogens (primary N) is 1. The third-order valence-corrected chi connectivity index (χ3v) is 2.89. The van der Waals surface area contributed by atoms with Gasteiger partial charge in [0.1, 0.15) is 0 Å². The van der Waals surface area contributed by atoms with Gasteiger partial charge in [0.15, 0.2) is 0 Å². The smallest absolute Gasteiger partial charge is 0.0818 e. The predicted molar refractivity (Wildman–Crippen MR) is 64.0 cm³/mol. The zero-order valence-electron chi connectivity index (χ0n) is 9.86. The van der Waals surface area contributed by atoms with Gasteiger partial charge in [0.25, 0.3) is 0 Å². The number of rotatable bonds is 5. The van der Waals surface area contributed by atoms with Crippen LogP contribution in [0.25, 0.3) is 0 Å². The Morgan fingerprint density at radius 3 is 2.13 bits per heavy atom. The Morgan fingerprint density at radius 2 is 1.73 bits per heavy atom. The van der Waals surface area contributed by atoms with E-state index in [0.29, 0.717) is 12.5 Å². The van der Waals surface area contributed by atoms with Crippen LogP contribution in [-0.4, -0.2) is 13.7 Å². The molecule has 1 rings (SSSR count). The third kappa shape index (κ3) is 3.05. The second kappa shape index (κ2) is 5.89. The lowest BCUT2D eigenvalue weighted by Gasteiger charge is -2.15. The maximum absolute atomic E-state index is 5.63. The molecule has 0 amide bonds. The molecule has 0 radical (unpaired) electrons. The van der Waals surface area contributed by atoms with Gasteiger partial charge in [-0.05, 0) is 30.0 Å². The Balaban J connectivity index is 2.79. The Labute approximate surface area is 92.4 Å². The van der Waals surface area contributed by atoms with E-state index in [4.69, 9.17) is 10.5 Å². The fourth-order valence-electron chi connectivity index (χ4n) is 1.71. The maximum atomic E-state index is 5.63. The summed E-state index contributed by atoms with van der Waals surface area (Å²) in [5, 5.41) is 0. The van der Waals surface area contributed by atoms with Crippen LogP contribution in [0.5, 0.6) is 0 Å². The van der Waals surface area contributed by atoms with Gasteiger partial charge >= 0.3 is 0 Å². The summed E-state index contributed by atoms with van der Waals surface area (Å²) >= 11 is 0. The number of benzene rings is 1. The van der Waals surface area contributed by atoms with E-state index in [-0.39, 0.29) is 6.10 Å². The number of hydrogen-bond donors (Lipinski definition) is 1. The molecule has 0 fully saturated rings. The predicted octanol–water partition coefficient (Wildman–Crippen LogP) is 2.85. The quantitative estimate of drug-likeness (QED) is 0.805. The fourth-order valence-corrected chi connectivity index (χ4v) is 1.71. The van der Waals surface area contributed by atoms with Gasteiger partial charge in [0.2, 0.25) is 0 Å². The topological polar surface area (TPSA) is 35.2 Å². The van der Waals surface area contributed by atoms with Crippen LogP contribution in [0.15, 0.2) is 24.3 Å². The van der Waals surface area contributed by atoms with Crippen molar-refractivity contribution in [1.29, 1.82) is 0 Å². The van der Waals surface area contributed by atoms with E-state index in [1.165, 1.54) is 11.1 Å². The largest absolute Gasteiger partial charge is 0.377 e. The highest BCUT2D eigenvalue weighted by molar-refractivity contribution is 5.26. The molecular weight excluding hydrogens is 186 g/mol. The summed E-state index contributed by atoms with van der Waals surface area (Å²) in [5.41, 5.74) is 8.17. The van der Waals surface area contributed by atoms with Gasteiger partial charge in [-0.25, -0.2) is 0 Å². The fraction of sp³-hybridized carbons (Fsp3) is 0.538. The van der Waals surface area contributed by atoms with E-state index < -0.39 is 0 Å². The molecule has 0 aliphatic heterocycles. The van der Waals surface area contributed by atoms with Gasteiger partial charge in [0, 0.05) is 7.11 Å². The average molecular weight is 207 g/mol. The van der Waals surface area contributed by atoms with Gasteiger partial charge in [-0.1, -0.05) is 38.1 Å². The molecule has 2 nitrogen and oxygen atoms in total. The van der Waals surface area contributed by atoms with E-state index in [0.717, 1.165) is 6.42 Å². The van der Waals surface area contributed by atoms with Gasteiger partial charge in [-0.3, -0.25) is 0 Å². The van der Waals surface area contributed by atoms with E-state index >= 15 is 0 Å². The summed E-state index contributed by atoms with van der Waals surface area (Å²) in [6, 6.07) is 8.57. The normalized spacial score (nSPS) is 14.9. The van der Waals surface area contributed by atoms with Crippen molar-refractivity contribution in [2.75, 3.05) is 13.7 Å². The zero-order valence-corrected chi connectivity index (χ0v) is 9.86. The van der Waals surface area contributed by atoms with Crippen LogP contribution in [0.2, 0.25) is 0 Å². The maximum Gasteiger partial charge on any atom is 0.0818 e. The first-order chi connectivity index (χ1) is 7.22. The lowest BCUT2D eigenvalue weighted by atomic mass is 9.98. The van der Waals surface area contributed by atoms with Crippen molar-refractivity contribution in [3.8, 4) is 0 Å². The van der Waals surface area contributed by atoms with Gasteiger partial charge in [-0.15, -0.1) is 0 Å². The third-order valence-electron chi connectivity index (χ3n) is 2.89. The molecule has 0 aromatic heterocycles. The first-order valence-corrected chi connectivity index (χ1v) is 5.55. The number of hydrogen-bond acceptors (Lipinski definition) is 2. The van der Waals surface area contributed by atoms with Gasteiger partial charge in [0.05, 0.1) is 6.10 Å². The monoisotopic (exact) mass is 207 g/mol. The molecule has 0 saturated carbocycles. The highest BCUT2D eigenvalue weighted by Gasteiger charge is 2.08. The molecule has 0 spiro atoms. The summed E-state index contributed by atoms with van der Waals surface area (Å²) in [6.45, 7) is 4.97. The summed E-state index contributed by atoms with van der Waals surface area (Å²) in [4.78, 5) is 0. The molecule has 1 aromatic rings. The van der Waals surface area contributed by atoms with Crippen molar-refractivity contribution >= 4 is 0 Å². The van der Waals surface area contributed by atoms with Crippen molar-refractivity contribution in [2.24, 2.45) is 5.73 Å². The Hall–Kier alpha value is -0.860. The van der Waals surface area contributed by atoms with Crippen LogP contribution in [0.1, 0.15) is 43.4 Å². The van der Waals surface area contributed by atoms with Crippen LogP contribution in [0.3, 0.4) is 0 Å². The van der Waals surface area contributed by atoms with E-state index in [1.807, 2.05) is 0 Å². The molecule has 2 atom stereocenters. The lowest BCUT2D eigenvalue weighted by molar-refractivity contribution is 0.100. The standard InChI is InChI=1S/C13H21NO/c1-4-13(15-3)12-7-5-11(6-8-12)10(2)9-14/h5-8,10,13H,4,9,14H2,1-3H3/t10-,13-/m0/s1. The SMILES string of the molecule is CC[C@H](OC)c1ccc([C@@H](C)CN)cc1. The number of methoxy groups -OCH3 is 1. The van der Waals surface area contributed by atoms with E-state index in [9.17, 15) is 0 Å². The molecule has 0 saturated heterocycles. The van der Waals surface area contributed by atoms with Crippen molar-refractivity contribution in [3.05, 3.63) is 35.4 Å². The number of ether oxygens (including phenoxy) is 1. The van der Waals surface area contributed by atoms with Gasteiger partial charge in [-0.2, -0.15) is 0 Å². The summed E-state index contributed by atoms with van der Waals surface area (Å²) in [5.74, 6) is 0.432. The first-order valence-electron chi connectivity index (χ1n) is 5.55. The molecule has 84 valence electrons. The molecule has 0 bridgehead atoms. The van der Waals surface area contributed by atoms with Crippen LogP contribution in [-0.2, 0) is 4.74 Å². The molecule has 0 aliphatic carbocycles. The molecule has 0 aliphatic rings. The summed E-state index contributed by atoms with van der Waals surface area (Å²) in [7, 11) is 1.75. The van der Waals surface area contributed by atoms with Crippen molar-refractivity contribution in [2.45, 2.75) is 32.3 Å². The molecule has 0 unspecified atom stereocenters. The van der Waals surface area contributed by atoms with Crippen LogP contribution in [0.4, 0.5) is 0 Å².